The monoisotopic (exact) mass is 232 g/mol. The number of nitriles is 1. The molecule has 16 heavy (non-hydrogen) atoms. The molecule has 0 saturated heterocycles. The predicted octanol–water partition coefficient (Wildman–Crippen LogP) is 3.41. The number of halogens is 2. The van der Waals surface area contributed by atoms with Gasteiger partial charge in [-0.05, 0) is 24.3 Å². The zero-order valence-electron chi connectivity index (χ0n) is 8.11. The maximum atomic E-state index is 13.6. The minimum absolute atomic E-state index is 0.312. The Kier molecular flexibility index (Phi) is 2.84. The fourth-order valence-electron chi connectivity index (χ4n) is 1.42. The molecule has 0 aliphatic heterocycles. The number of hydrogen-bond acceptors (Lipinski definition) is 2. The average molecular weight is 233 g/mol. The molecule has 0 fully saturated rings. The first-order valence-electron chi connectivity index (χ1n) is 4.52. The first kappa shape index (κ1) is 10.6. The van der Waals surface area contributed by atoms with Gasteiger partial charge in [0.15, 0.2) is 0 Å². The Labute approximate surface area is 96.9 Å². The zero-order valence-corrected chi connectivity index (χ0v) is 8.87. The van der Waals surface area contributed by atoms with Crippen molar-refractivity contribution in [2.24, 2.45) is 0 Å². The van der Waals surface area contributed by atoms with Gasteiger partial charge in [-0.2, -0.15) is 5.26 Å². The summed E-state index contributed by atoms with van der Waals surface area (Å²) >= 11 is 5.80. The van der Waals surface area contributed by atoms with Gasteiger partial charge in [0.1, 0.15) is 11.9 Å². The Morgan fingerprint density at radius 3 is 2.81 bits per heavy atom. The van der Waals surface area contributed by atoms with E-state index >= 15 is 0 Å². The molecular formula is C12H6ClFN2. The van der Waals surface area contributed by atoms with E-state index in [0.717, 1.165) is 0 Å². The van der Waals surface area contributed by atoms with Gasteiger partial charge in [0.05, 0.1) is 5.56 Å². The lowest BCUT2D eigenvalue weighted by atomic mass is 10.0. The van der Waals surface area contributed by atoms with Crippen molar-refractivity contribution in [3.63, 3.8) is 0 Å². The second-order valence-electron chi connectivity index (χ2n) is 3.16. The lowest BCUT2D eigenvalue weighted by molar-refractivity contribution is 0.631. The molecule has 0 saturated carbocycles. The number of aromatic nitrogens is 1. The molecule has 0 aliphatic rings. The zero-order chi connectivity index (χ0) is 11.5. The first-order chi connectivity index (χ1) is 7.72. The van der Waals surface area contributed by atoms with E-state index < -0.39 is 5.82 Å². The summed E-state index contributed by atoms with van der Waals surface area (Å²) in [6, 6.07) is 7.80. The van der Waals surface area contributed by atoms with Crippen LogP contribution in [0.5, 0.6) is 0 Å². The van der Waals surface area contributed by atoms with Crippen LogP contribution in [-0.4, -0.2) is 4.98 Å². The van der Waals surface area contributed by atoms with Crippen molar-refractivity contribution in [3.8, 4) is 17.2 Å². The molecule has 1 heterocycles. The minimum Gasteiger partial charge on any atom is -0.263 e. The molecule has 0 radical (unpaired) electrons. The number of pyridine rings is 1. The largest absolute Gasteiger partial charge is 0.263 e. The molecular weight excluding hydrogens is 227 g/mol. The molecule has 0 unspecified atom stereocenters. The van der Waals surface area contributed by atoms with Crippen LogP contribution in [0.15, 0.2) is 36.7 Å². The van der Waals surface area contributed by atoms with Crippen molar-refractivity contribution in [1.29, 1.82) is 5.26 Å². The lowest BCUT2D eigenvalue weighted by Crippen LogP contribution is -1.89. The summed E-state index contributed by atoms with van der Waals surface area (Å²) in [6.07, 6.45) is 2.91. The molecule has 2 nitrogen and oxygen atoms in total. The van der Waals surface area contributed by atoms with E-state index in [1.807, 2.05) is 6.07 Å². The molecule has 2 rings (SSSR count). The summed E-state index contributed by atoms with van der Waals surface area (Å²) in [5.74, 6) is -0.410. The first-order valence-corrected chi connectivity index (χ1v) is 4.89. The minimum atomic E-state index is -0.410. The Bertz CT molecular complexity index is 575. The van der Waals surface area contributed by atoms with Crippen molar-refractivity contribution < 1.29 is 4.39 Å². The number of rotatable bonds is 1. The van der Waals surface area contributed by atoms with Gasteiger partial charge in [-0.1, -0.05) is 11.6 Å². The van der Waals surface area contributed by atoms with Crippen LogP contribution < -0.4 is 0 Å². The molecule has 0 spiro atoms. The molecule has 1 aromatic heterocycles. The van der Waals surface area contributed by atoms with Gasteiger partial charge < -0.3 is 0 Å². The van der Waals surface area contributed by atoms with Crippen molar-refractivity contribution in [2.45, 2.75) is 0 Å². The van der Waals surface area contributed by atoms with Crippen molar-refractivity contribution in [1.82, 2.24) is 4.98 Å². The second-order valence-corrected chi connectivity index (χ2v) is 3.59. The van der Waals surface area contributed by atoms with Gasteiger partial charge in [0.25, 0.3) is 0 Å². The smallest absolute Gasteiger partial charge is 0.131 e. The fourth-order valence-corrected chi connectivity index (χ4v) is 1.59. The van der Waals surface area contributed by atoms with Crippen molar-refractivity contribution >= 4 is 11.6 Å². The average Bonchev–Trinajstić information content (AvgIpc) is 2.32. The molecule has 0 amide bonds. The molecule has 4 heteroatoms. The van der Waals surface area contributed by atoms with Crippen molar-refractivity contribution in [3.05, 3.63) is 53.1 Å². The normalized spacial score (nSPS) is 9.81. The van der Waals surface area contributed by atoms with E-state index in [1.165, 1.54) is 30.6 Å². The third-order valence-electron chi connectivity index (χ3n) is 2.16. The van der Waals surface area contributed by atoms with Crippen LogP contribution in [0.4, 0.5) is 4.39 Å². The van der Waals surface area contributed by atoms with Crippen LogP contribution >= 0.6 is 11.6 Å². The van der Waals surface area contributed by atoms with Crippen LogP contribution in [0.2, 0.25) is 5.02 Å². The van der Waals surface area contributed by atoms with Crippen LogP contribution in [-0.2, 0) is 0 Å². The third kappa shape index (κ3) is 1.88. The van der Waals surface area contributed by atoms with Gasteiger partial charge in [-0.3, -0.25) is 4.98 Å². The standard InChI is InChI=1S/C12H6ClFN2/c13-9-1-2-12(14)11(5-9)10-3-4-16-7-8(10)6-15/h1-5,7H. The summed E-state index contributed by atoms with van der Waals surface area (Å²) in [5, 5.41) is 9.32. The Balaban J connectivity index is 2.68. The van der Waals surface area contributed by atoms with Crippen LogP contribution in [0.25, 0.3) is 11.1 Å². The summed E-state index contributed by atoms with van der Waals surface area (Å²) in [6.45, 7) is 0. The number of benzene rings is 1. The summed E-state index contributed by atoms with van der Waals surface area (Å²) in [4.78, 5) is 3.82. The maximum Gasteiger partial charge on any atom is 0.131 e. The highest BCUT2D eigenvalue weighted by molar-refractivity contribution is 6.30. The highest BCUT2D eigenvalue weighted by Gasteiger charge is 2.09. The van der Waals surface area contributed by atoms with Gasteiger partial charge in [-0.25, -0.2) is 4.39 Å². The van der Waals surface area contributed by atoms with E-state index in [2.05, 4.69) is 4.98 Å². The van der Waals surface area contributed by atoms with Crippen LogP contribution in [0.1, 0.15) is 5.56 Å². The van der Waals surface area contributed by atoms with E-state index in [-0.39, 0.29) is 0 Å². The third-order valence-corrected chi connectivity index (χ3v) is 2.40. The van der Waals surface area contributed by atoms with E-state index in [0.29, 0.717) is 21.7 Å². The Hall–Kier alpha value is -1.92. The summed E-state index contributed by atoms with van der Waals surface area (Å²) in [5.41, 5.74) is 1.13. The lowest BCUT2D eigenvalue weighted by Gasteiger charge is -2.05. The molecule has 0 N–H and O–H groups in total. The fraction of sp³-hybridized carbons (Fsp3) is 0. The second kappa shape index (κ2) is 4.30. The van der Waals surface area contributed by atoms with Gasteiger partial charge in [0.2, 0.25) is 0 Å². The molecule has 0 bridgehead atoms. The molecule has 2 aromatic rings. The van der Waals surface area contributed by atoms with Gasteiger partial charge in [0, 0.05) is 28.5 Å². The number of hydrogen-bond donors (Lipinski definition) is 0. The van der Waals surface area contributed by atoms with Gasteiger partial charge in [-0.15, -0.1) is 0 Å². The van der Waals surface area contributed by atoms with Gasteiger partial charge >= 0.3 is 0 Å². The highest BCUT2D eigenvalue weighted by Crippen LogP contribution is 2.27. The summed E-state index contributed by atoms with van der Waals surface area (Å²) in [7, 11) is 0. The van der Waals surface area contributed by atoms with E-state index in [9.17, 15) is 4.39 Å². The van der Waals surface area contributed by atoms with E-state index in [1.54, 1.807) is 6.07 Å². The van der Waals surface area contributed by atoms with Crippen LogP contribution in [0, 0.1) is 17.1 Å². The Morgan fingerprint density at radius 1 is 1.25 bits per heavy atom. The SMILES string of the molecule is N#Cc1cnccc1-c1cc(Cl)ccc1F. The maximum absolute atomic E-state index is 13.6. The number of nitrogens with zero attached hydrogens (tertiary/aromatic N) is 2. The van der Waals surface area contributed by atoms with Crippen LogP contribution in [0.3, 0.4) is 0 Å². The summed E-state index contributed by atoms with van der Waals surface area (Å²) < 4.78 is 13.6. The topological polar surface area (TPSA) is 36.7 Å². The quantitative estimate of drug-likeness (QED) is 0.756. The molecule has 0 atom stereocenters. The molecule has 1 aromatic carbocycles. The van der Waals surface area contributed by atoms with Crippen molar-refractivity contribution in [2.75, 3.05) is 0 Å². The Morgan fingerprint density at radius 2 is 2.06 bits per heavy atom. The highest BCUT2D eigenvalue weighted by atomic mass is 35.5. The molecule has 0 aliphatic carbocycles. The molecule has 78 valence electrons. The predicted molar refractivity (Wildman–Crippen MR) is 59.4 cm³/mol. The van der Waals surface area contributed by atoms with E-state index in [4.69, 9.17) is 16.9 Å².